The molecule has 0 atom stereocenters. The molecule has 0 radical (unpaired) electrons. The minimum absolute atomic E-state index is 0.0383. The first-order valence-corrected chi connectivity index (χ1v) is 4.86. The Labute approximate surface area is 83.3 Å². The molecule has 1 rings (SSSR count). The van der Waals surface area contributed by atoms with E-state index in [0.29, 0.717) is 6.61 Å². The van der Waals surface area contributed by atoms with Crippen LogP contribution in [0.1, 0.15) is 26.2 Å². The second-order valence-electron chi connectivity index (χ2n) is 3.14. The molecule has 0 aliphatic rings. The second-order valence-corrected chi connectivity index (χ2v) is 3.14. The maximum atomic E-state index is 13.1. The highest BCUT2D eigenvalue weighted by atomic mass is 19.1. The zero-order valence-electron chi connectivity index (χ0n) is 8.29. The maximum absolute atomic E-state index is 13.1. The monoisotopic (exact) mass is 198 g/mol. The molecular formula is C11H15FO2. The molecule has 0 aliphatic carbocycles. The molecular weight excluding hydrogens is 183 g/mol. The third-order valence-electron chi connectivity index (χ3n) is 1.94. The van der Waals surface area contributed by atoms with Crippen LogP contribution >= 0.6 is 0 Å². The van der Waals surface area contributed by atoms with Crippen molar-refractivity contribution in [2.24, 2.45) is 0 Å². The summed E-state index contributed by atoms with van der Waals surface area (Å²) >= 11 is 0. The highest BCUT2D eigenvalue weighted by Crippen LogP contribution is 2.28. The van der Waals surface area contributed by atoms with Crippen LogP contribution in [0.2, 0.25) is 0 Å². The summed E-state index contributed by atoms with van der Waals surface area (Å²) in [6, 6.07) is 4.14. The predicted octanol–water partition coefficient (Wildman–Crippen LogP) is 3.10. The van der Waals surface area contributed by atoms with Crippen LogP contribution in [0.25, 0.3) is 0 Å². The molecule has 0 bridgehead atoms. The van der Waals surface area contributed by atoms with Crippen LogP contribution in [-0.2, 0) is 0 Å². The summed E-state index contributed by atoms with van der Waals surface area (Å²) < 4.78 is 18.2. The van der Waals surface area contributed by atoms with Gasteiger partial charge >= 0.3 is 0 Å². The molecule has 1 N–H and O–H groups in total. The fourth-order valence-electron chi connectivity index (χ4n) is 1.17. The van der Waals surface area contributed by atoms with Gasteiger partial charge in [-0.2, -0.15) is 0 Å². The van der Waals surface area contributed by atoms with Gasteiger partial charge in [0.1, 0.15) is 0 Å². The molecule has 1 aromatic rings. The lowest BCUT2D eigenvalue weighted by molar-refractivity contribution is 0.276. The van der Waals surface area contributed by atoms with E-state index >= 15 is 0 Å². The van der Waals surface area contributed by atoms with E-state index in [1.54, 1.807) is 0 Å². The van der Waals surface area contributed by atoms with Gasteiger partial charge in [-0.05, 0) is 18.6 Å². The zero-order chi connectivity index (χ0) is 10.4. The van der Waals surface area contributed by atoms with Gasteiger partial charge < -0.3 is 9.84 Å². The SMILES string of the molecule is CCCCCOc1c(O)cccc1F. The summed E-state index contributed by atoms with van der Waals surface area (Å²) in [6.45, 7) is 2.53. The molecule has 0 aromatic heterocycles. The maximum Gasteiger partial charge on any atom is 0.196 e. The first kappa shape index (κ1) is 10.8. The van der Waals surface area contributed by atoms with Gasteiger partial charge in [-0.3, -0.25) is 0 Å². The molecule has 0 saturated carbocycles. The number of hydrogen-bond donors (Lipinski definition) is 1. The Hall–Kier alpha value is -1.25. The highest BCUT2D eigenvalue weighted by molar-refractivity contribution is 5.39. The van der Waals surface area contributed by atoms with Crippen molar-refractivity contribution in [2.45, 2.75) is 26.2 Å². The Morgan fingerprint density at radius 2 is 2.14 bits per heavy atom. The highest BCUT2D eigenvalue weighted by Gasteiger charge is 2.07. The average molecular weight is 198 g/mol. The summed E-state index contributed by atoms with van der Waals surface area (Å²) in [5.41, 5.74) is 0. The fraction of sp³-hybridized carbons (Fsp3) is 0.455. The van der Waals surface area contributed by atoms with Gasteiger partial charge in [0.2, 0.25) is 0 Å². The van der Waals surface area contributed by atoms with Crippen molar-refractivity contribution in [1.29, 1.82) is 0 Å². The van der Waals surface area contributed by atoms with Crippen molar-refractivity contribution in [3.8, 4) is 11.5 Å². The quantitative estimate of drug-likeness (QED) is 0.736. The summed E-state index contributed by atoms with van der Waals surface area (Å²) in [5, 5.41) is 9.28. The number of unbranched alkanes of at least 4 members (excludes halogenated alkanes) is 2. The Balaban J connectivity index is 2.49. The molecule has 0 fully saturated rings. The predicted molar refractivity (Wildman–Crippen MR) is 53.1 cm³/mol. The van der Waals surface area contributed by atoms with Gasteiger partial charge in [0.15, 0.2) is 17.3 Å². The van der Waals surface area contributed by atoms with Crippen LogP contribution in [0.5, 0.6) is 11.5 Å². The third-order valence-corrected chi connectivity index (χ3v) is 1.94. The van der Waals surface area contributed by atoms with Gasteiger partial charge in [-0.25, -0.2) is 4.39 Å². The molecule has 78 valence electrons. The molecule has 3 heteroatoms. The molecule has 0 aliphatic heterocycles. The summed E-state index contributed by atoms with van der Waals surface area (Å²) in [7, 11) is 0. The fourth-order valence-corrected chi connectivity index (χ4v) is 1.17. The molecule has 1 aromatic carbocycles. The molecule has 0 spiro atoms. The molecule has 0 unspecified atom stereocenters. The smallest absolute Gasteiger partial charge is 0.196 e. The molecule has 2 nitrogen and oxygen atoms in total. The van der Waals surface area contributed by atoms with E-state index in [0.717, 1.165) is 19.3 Å². The Kier molecular flexibility index (Phi) is 4.23. The minimum atomic E-state index is -0.513. The number of phenolic OH excluding ortho intramolecular Hbond substituents is 1. The standard InChI is InChI=1S/C11H15FO2/c1-2-3-4-8-14-11-9(12)6-5-7-10(11)13/h5-7,13H,2-4,8H2,1H3. The van der Waals surface area contributed by atoms with Crippen molar-refractivity contribution in [1.82, 2.24) is 0 Å². The number of ether oxygens (including phenoxy) is 1. The van der Waals surface area contributed by atoms with Crippen LogP contribution in [-0.4, -0.2) is 11.7 Å². The van der Waals surface area contributed by atoms with E-state index in [4.69, 9.17) is 4.74 Å². The van der Waals surface area contributed by atoms with Crippen LogP contribution < -0.4 is 4.74 Å². The van der Waals surface area contributed by atoms with E-state index in [9.17, 15) is 9.50 Å². The Morgan fingerprint density at radius 3 is 2.79 bits per heavy atom. The number of para-hydroxylation sites is 1. The van der Waals surface area contributed by atoms with Crippen molar-refractivity contribution < 1.29 is 14.2 Å². The van der Waals surface area contributed by atoms with Gasteiger partial charge in [-0.1, -0.05) is 25.8 Å². The third kappa shape index (κ3) is 2.91. The summed E-state index contributed by atoms with van der Waals surface area (Å²) in [6.07, 6.45) is 3.02. The number of phenols is 1. The van der Waals surface area contributed by atoms with E-state index in [2.05, 4.69) is 6.92 Å². The van der Waals surface area contributed by atoms with Gasteiger partial charge in [0.05, 0.1) is 6.61 Å². The molecule has 0 saturated heterocycles. The van der Waals surface area contributed by atoms with Crippen molar-refractivity contribution >= 4 is 0 Å². The van der Waals surface area contributed by atoms with E-state index in [1.807, 2.05) is 0 Å². The van der Waals surface area contributed by atoms with Crippen molar-refractivity contribution in [2.75, 3.05) is 6.61 Å². The van der Waals surface area contributed by atoms with E-state index in [-0.39, 0.29) is 11.5 Å². The topological polar surface area (TPSA) is 29.5 Å². The minimum Gasteiger partial charge on any atom is -0.504 e. The molecule has 0 amide bonds. The Bertz CT molecular complexity index is 266. The van der Waals surface area contributed by atoms with Crippen LogP contribution in [0, 0.1) is 5.82 Å². The second kappa shape index (κ2) is 5.47. The normalized spacial score (nSPS) is 10.1. The molecule has 14 heavy (non-hydrogen) atoms. The zero-order valence-corrected chi connectivity index (χ0v) is 8.29. The van der Waals surface area contributed by atoms with Gasteiger partial charge in [-0.15, -0.1) is 0 Å². The van der Waals surface area contributed by atoms with Crippen LogP contribution in [0.15, 0.2) is 18.2 Å². The number of aromatic hydroxyl groups is 1. The largest absolute Gasteiger partial charge is 0.504 e. The Morgan fingerprint density at radius 1 is 1.36 bits per heavy atom. The first-order valence-electron chi connectivity index (χ1n) is 4.86. The van der Waals surface area contributed by atoms with Crippen molar-refractivity contribution in [3.63, 3.8) is 0 Å². The average Bonchev–Trinajstić information content (AvgIpc) is 2.16. The number of halogens is 1. The van der Waals surface area contributed by atoms with Crippen LogP contribution in [0.3, 0.4) is 0 Å². The number of hydrogen-bond acceptors (Lipinski definition) is 2. The van der Waals surface area contributed by atoms with Gasteiger partial charge in [0, 0.05) is 0 Å². The first-order chi connectivity index (χ1) is 6.75. The van der Waals surface area contributed by atoms with Crippen LogP contribution in [0.4, 0.5) is 4.39 Å². The van der Waals surface area contributed by atoms with Gasteiger partial charge in [0.25, 0.3) is 0 Å². The molecule has 0 heterocycles. The summed E-state index contributed by atoms with van der Waals surface area (Å²) in [4.78, 5) is 0. The lowest BCUT2D eigenvalue weighted by Crippen LogP contribution is -1.99. The number of rotatable bonds is 5. The number of benzene rings is 1. The lowest BCUT2D eigenvalue weighted by atomic mass is 10.2. The van der Waals surface area contributed by atoms with Crippen molar-refractivity contribution in [3.05, 3.63) is 24.0 Å². The summed E-state index contributed by atoms with van der Waals surface area (Å²) in [5.74, 6) is -0.688. The van der Waals surface area contributed by atoms with E-state index in [1.165, 1.54) is 18.2 Å². The van der Waals surface area contributed by atoms with E-state index < -0.39 is 5.82 Å². The lowest BCUT2D eigenvalue weighted by Gasteiger charge is -2.07.